The van der Waals surface area contributed by atoms with E-state index in [-0.39, 0.29) is 6.42 Å². The number of carboxylic acids is 1. The average Bonchev–Trinajstić information content (AvgIpc) is 2.49. The average molecular weight is 363 g/mol. The number of aliphatic carboxylic acids is 1. The second-order valence-corrected chi connectivity index (χ2v) is 8.02. The van der Waals surface area contributed by atoms with E-state index >= 15 is 0 Å². The molecule has 5 nitrogen and oxygen atoms in total. The largest absolute Gasteiger partial charge is 0.481 e. The number of carbonyl (C=O) groups is 1. The Morgan fingerprint density at radius 1 is 0.958 bits per heavy atom. The highest BCUT2D eigenvalue weighted by Gasteiger charge is 2.18. The van der Waals surface area contributed by atoms with Gasteiger partial charge in [-0.05, 0) is 25.7 Å². The van der Waals surface area contributed by atoms with Crippen LogP contribution < -0.4 is 0 Å². The standard InChI is InChI=1S/C18H34O5S/c1-2-3-4-5-6-7-8-11-14-17(24(21,22)23)15-12-9-10-13-16-18(19)20/h11,14,17H,2-10,12-13,15-16H2,1H3,(H,19,20)(H,21,22,23)/b14-11+. The lowest BCUT2D eigenvalue weighted by atomic mass is 10.1. The van der Waals surface area contributed by atoms with E-state index in [0.29, 0.717) is 19.3 Å². The number of hydrogen-bond acceptors (Lipinski definition) is 3. The van der Waals surface area contributed by atoms with E-state index in [1.807, 2.05) is 6.08 Å². The van der Waals surface area contributed by atoms with Gasteiger partial charge in [0.15, 0.2) is 0 Å². The molecule has 0 aliphatic rings. The zero-order valence-corrected chi connectivity index (χ0v) is 15.8. The molecule has 142 valence electrons. The summed E-state index contributed by atoms with van der Waals surface area (Å²) in [7, 11) is -4.06. The smallest absolute Gasteiger partial charge is 0.303 e. The summed E-state index contributed by atoms with van der Waals surface area (Å²) in [4.78, 5) is 10.4. The van der Waals surface area contributed by atoms with Crippen molar-refractivity contribution in [2.24, 2.45) is 0 Å². The minimum Gasteiger partial charge on any atom is -0.481 e. The number of rotatable bonds is 16. The van der Waals surface area contributed by atoms with Crippen LogP contribution in [-0.4, -0.2) is 29.3 Å². The van der Waals surface area contributed by atoms with Crippen molar-refractivity contribution >= 4 is 16.1 Å². The molecule has 0 aliphatic heterocycles. The Hall–Kier alpha value is -0.880. The van der Waals surface area contributed by atoms with Crippen LogP contribution >= 0.6 is 0 Å². The number of allylic oxidation sites excluding steroid dienone is 1. The van der Waals surface area contributed by atoms with Crippen LogP contribution in [0.5, 0.6) is 0 Å². The fourth-order valence-electron chi connectivity index (χ4n) is 2.61. The quantitative estimate of drug-likeness (QED) is 0.230. The van der Waals surface area contributed by atoms with Crippen molar-refractivity contribution < 1.29 is 22.9 Å². The van der Waals surface area contributed by atoms with Gasteiger partial charge in [0.2, 0.25) is 0 Å². The zero-order chi connectivity index (χ0) is 18.3. The number of hydrogen-bond donors (Lipinski definition) is 2. The van der Waals surface area contributed by atoms with Crippen molar-refractivity contribution in [3.05, 3.63) is 12.2 Å². The molecule has 0 aliphatic carbocycles. The first-order valence-electron chi connectivity index (χ1n) is 9.22. The molecule has 0 fully saturated rings. The third kappa shape index (κ3) is 14.7. The first kappa shape index (κ1) is 23.1. The van der Waals surface area contributed by atoms with E-state index in [9.17, 15) is 17.8 Å². The van der Waals surface area contributed by atoms with Gasteiger partial charge in [-0.15, -0.1) is 0 Å². The van der Waals surface area contributed by atoms with Gasteiger partial charge in [-0.2, -0.15) is 8.42 Å². The third-order valence-corrected chi connectivity index (χ3v) is 5.24. The van der Waals surface area contributed by atoms with Gasteiger partial charge in [0.1, 0.15) is 5.25 Å². The SMILES string of the molecule is CCCCCCCC/C=C/C(CCCCCCC(=O)O)S(=O)(=O)O. The fraction of sp³-hybridized carbons (Fsp3) is 0.833. The van der Waals surface area contributed by atoms with Crippen LogP contribution in [0.25, 0.3) is 0 Å². The monoisotopic (exact) mass is 362 g/mol. The molecule has 2 N–H and O–H groups in total. The van der Waals surface area contributed by atoms with Gasteiger partial charge in [0.25, 0.3) is 10.1 Å². The summed E-state index contributed by atoms with van der Waals surface area (Å²) in [5.74, 6) is -0.802. The lowest BCUT2D eigenvalue weighted by Gasteiger charge is -2.09. The molecular weight excluding hydrogens is 328 g/mol. The normalized spacial score (nSPS) is 13.4. The Kier molecular flexibility index (Phi) is 13.9. The molecular formula is C18H34O5S. The Labute approximate surface area is 147 Å². The van der Waals surface area contributed by atoms with Gasteiger partial charge in [-0.3, -0.25) is 9.35 Å². The van der Waals surface area contributed by atoms with Gasteiger partial charge in [0.05, 0.1) is 0 Å². The lowest BCUT2D eigenvalue weighted by Crippen LogP contribution is -2.17. The lowest BCUT2D eigenvalue weighted by molar-refractivity contribution is -0.137. The Morgan fingerprint density at radius 3 is 2.17 bits per heavy atom. The van der Waals surface area contributed by atoms with Crippen LogP contribution in [0.15, 0.2) is 12.2 Å². The van der Waals surface area contributed by atoms with Gasteiger partial charge in [-0.25, -0.2) is 0 Å². The molecule has 0 heterocycles. The van der Waals surface area contributed by atoms with Crippen LogP contribution in [0.1, 0.15) is 90.4 Å². The summed E-state index contributed by atoms with van der Waals surface area (Å²) in [6.45, 7) is 2.18. The van der Waals surface area contributed by atoms with Crippen molar-refractivity contribution in [1.29, 1.82) is 0 Å². The van der Waals surface area contributed by atoms with Gasteiger partial charge < -0.3 is 5.11 Å². The zero-order valence-electron chi connectivity index (χ0n) is 15.0. The molecule has 0 amide bonds. The molecule has 0 aromatic carbocycles. The predicted octanol–water partition coefficient (Wildman–Crippen LogP) is 4.97. The molecule has 1 atom stereocenters. The summed E-state index contributed by atoms with van der Waals surface area (Å²) in [5, 5.41) is 7.71. The van der Waals surface area contributed by atoms with E-state index < -0.39 is 21.3 Å². The summed E-state index contributed by atoms with van der Waals surface area (Å²) in [6.07, 6.45) is 14.9. The molecule has 24 heavy (non-hydrogen) atoms. The molecule has 6 heteroatoms. The molecule has 0 spiro atoms. The van der Waals surface area contributed by atoms with Crippen molar-refractivity contribution in [3.8, 4) is 0 Å². The van der Waals surface area contributed by atoms with E-state index in [1.54, 1.807) is 6.08 Å². The molecule has 0 saturated heterocycles. The highest BCUT2D eigenvalue weighted by Crippen LogP contribution is 2.15. The van der Waals surface area contributed by atoms with Gasteiger partial charge >= 0.3 is 5.97 Å². The summed E-state index contributed by atoms with van der Waals surface area (Å²) >= 11 is 0. The van der Waals surface area contributed by atoms with Crippen LogP contribution in [0.3, 0.4) is 0 Å². The van der Waals surface area contributed by atoms with Gasteiger partial charge in [-0.1, -0.05) is 70.4 Å². The summed E-state index contributed by atoms with van der Waals surface area (Å²) < 4.78 is 32.1. The molecule has 0 rings (SSSR count). The number of carboxylic acid groups (broad SMARTS) is 1. The van der Waals surface area contributed by atoms with E-state index in [1.165, 1.54) is 25.7 Å². The minimum absolute atomic E-state index is 0.153. The summed E-state index contributed by atoms with van der Waals surface area (Å²) in [5.41, 5.74) is 0. The van der Waals surface area contributed by atoms with Crippen LogP contribution in [0, 0.1) is 0 Å². The minimum atomic E-state index is -4.06. The van der Waals surface area contributed by atoms with E-state index in [2.05, 4.69) is 6.92 Å². The molecule has 0 aromatic rings. The van der Waals surface area contributed by atoms with Gasteiger partial charge in [0, 0.05) is 6.42 Å². The maximum absolute atomic E-state index is 11.4. The fourth-order valence-corrected chi connectivity index (χ4v) is 3.38. The maximum Gasteiger partial charge on any atom is 0.303 e. The molecule has 0 saturated carbocycles. The Balaban J connectivity index is 3.93. The van der Waals surface area contributed by atoms with Crippen LogP contribution in [-0.2, 0) is 14.9 Å². The second kappa shape index (κ2) is 14.5. The highest BCUT2D eigenvalue weighted by molar-refractivity contribution is 7.86. The number of unbranched alkanes of at least 4 members (excludes halogenated alkanes) is 9. The van der Waals surface area contributed by atoms with E-state index in [0.717, 1.165) is 32.1 Å². The van der Waals surface area contributed by atoms with Crippen LogP contribution in [0.2, 0.25) is 0 Å². The molecule has 0 aromatic heterocycles. The van der Waals surface area contributed by atoms with Crippen molar-refractivity contribution in [3.63, 3.8) is 0 Å². The first-order valence-corrected chi connectivity index (χ1v) is 10.7. The van der Waals surface area contributed by atoms with Crippen molar-refractivity contribution in [1.82, 2.24) is 0 Å². The highest BCUT2D eigenvalue weighted by atomic mass is 32.2. The van der Waals surface area contributed by atoms with Crippen molar-refractivity contribution in [2.45, 2.75) is 95.6 Å². The third-order valence-electron chi connectivity index (χ3n) is 4.09. The predicted molar refractivity (Wildman–Crippen MR) is 97.8 cm³/mol. The Morgan fingerprint density at radius 2 is 1.54 bits per heavy atom. The molecule has 1 unspecified atom stereocenters. The van der Waals surface area contributed by atoms with E-state index in [4.69, 9.17) is 5.11 Å². The maximum atomic E-state index is 11.4. The first-order chi connectivity index (χ1) is 11.4. The molecule has 0 radical (unpaired) electrons. The second-order valence-electron chi connectivity index (χ2n) is 6.38. The summed E-state index contributed by atoms with van der Waals surface area (Å²) in [6, 6.07) is 0. The Bertz CT molecular complexity index is 442. The topological polar surface area (TPSA) is 91.7 Å². The van der Waals surface area contributed by atoms with Crippen LogP contribution in [0.4, 0.5) is 0 Å². The molecule has 0 bridgehead atoms. The van der Waals surface area contributed by atoms with Crippen molar-refractivity contribution in [2.75, 3.05) is 0 Å².